The highest BCUT2D eigenvalue weighted by molar-refractivity contribution is 5.98. The zero-order valence-corrected chi connectivity index (χ0v) is 14.4. The number of fused-ring (bicyclic) bond motifs is 1. The molecular weight excluding hydrogens is 344 g/mol. The third kappa shape index (κ3) is 4.58. The Balaban J connectivity index is 0.00000225. The van der Waals surface area contributed by atoms with Gasteiger partial charge in [-0.05, 0) is 38.1 Å². The van der Waals surface area contributed by atoms with Gasteiger partial charge in [-0.3, -0.25) is 14.4 Å². The van der Waals surface area contributed by atoms with Crippen molar-refractivity contribution < 1.29 is 9.59 Å². The molecule has 0 spiro atoms. The lowest BCUT2D eigenvalue weighted by Gasteiger charge is -2.23. The number of hydrogen-bond acceptors (Lipinski definition) is 4. The summed E-state index contributed by atoms with van der Waals surface area (Å²) in [4.78, 5) is 39.4. The van der Waals surface area contributed by atoms with Gasteiger partial charge in [-0.1, -0.05) is 12.1 Å². The number of benzene rings is 1. The maximum absolute atomic E-state index is 12.3. The number of aromatic nitrogens is 1. The van der Waals surface area contributed by atoms with E-state index in [0.717, 1.165) is 25.9 Å². The Morgan fingerprint density at radius 3 is 2.64 bits per heavy atom. The van der Waals surface area contributed by atoms with E-state index in [2.05, 4.69) is 20.9 Å². The van der Waals surface area contributed by atoms with Gasteiger partial charge in [0.15, 0.2) is 0 Å². The maximum Gasteiger partial charge on any atom is 0.257 e. The van der Waals surface area contributed by atoms with Crippen molar-refractivity contribution in [2.75, 3.05) is 19.6 Å². The van der Waals surface area contributed by atoms with Crippen LogP contribution in [0.5, 0.6) is 0 Å². The minimum atomic E-state index is -0.553. The first-order chi connectivity index (χ1) is 11.6. The van der Waals surface area contributed by atoms with E-state index < -0.39 is 5.91 Å². The molecule has 25 heavy (non-hydrogen) atoms. The van der Waals surface area contributed by atoms with Crippen molar-refractivity contribution in [2.24, 2.45) is 0 Å². The summed E-state index contributed by atoms with van der Waals surface area (Å²) < 4.78 is 0. The first-order valence-corrected chi connectivity index (χ1v) is 8.04. The molecule has 2 heterocycles. The van der Waals surface area contributed by atoms with Gasteiger partial charge in [0.25, 0.3) is 5.91 Å². The Bertz CT molecular complexity index is 815. The van der Waals surface area contributed by atoms with Gasteiger partial charge in [0, 0.05) is 23.1 Å². The van der Waals surface area contributed by atoms with E-state index in [0.29, 0.717) is 10.9 Å². The highest BCUT2D eigenvalue weighted by atomic mass is 35.5. The van der Waals surface area contributed by atoms with Crippen LogP contribution in [-0.2, 0) is 4.79 Å². The van der Waals surface area contributed by atoms with Crippen molar-refractivity contribution in [3.05, 3.63) is 46.2 Å². The highest BCUT2D eigenvalue weighted by Crippen LogP contribution is 2.07. The van der Waals surface area contributed by atoms with Crippen LogP contribution in [0.25, 0.3) is 10.9 Å². The van der Waals surface area contributed by atoms with E-state index >= 15 is 0 Å². The molecule has 1 aromatic heterocycles. The van der Waals surface area contributed by atoms with Crippen molar-refractivity contribution in [3.63, 3.8) is 0 Å². The lowest BCUT2D eigenvalue weighted by molar-refractivity contribution is -0.121. The minimum Gasteiger partial charge on any atom is -0.360 e. The summed E-state index contributed by atoms with van der Waals surface area (Å²) in [6.07, 6.45) is 3.14. The standard InChI is InChI=1S/C17H20N4O3.ClH/c22-15(21-11-5-7-18-8-6-11)10-20-17(24)13-9-19-14-4-2-1-3-12(14)16(13)23;/h1-4,9,11,18H,5-8,10H2,(H,19,23)(H,20,24)(H,21,22);1H. The number of amides is 2. The van der Waals surface area contributed by atoms with E-state index in [9.17, 15) is 14.4 Å². The molecular formula is C17H21ClN4O3. The Hall–Kier alpha value is -2.38. The summed E-state index contributed by atoms with van der Waals surface area (Å²) in [5.41, 5.74) is 0.326. The van der Waals surface area contributed by atoms with Gasteiger partial charge in [0.2, 0.25) is 11.3 Å². The van der Waals surface area contributed by atoms with Crippen LogP contribution in [-0.4, -0.2) is 42.5 Å². The molecule has 0 saturated carbocycles. The van der Waals surface area contributed by atoms with Crippen LogP contribution in [0.3, 0.4) is 0 Å². The molecule has 8 heteroatoms. The van der Waals surface area contributed by atoms with Gasteiger partial charge in [0.05, 0.1) is 6.54 Å². The number of piperidine rings is 1. The Kier molecular flexibility index (Phi) is 6.55. The molecule has 2 amide bonds. The highest BCUT2D eigenvalue weighted by Gasteiger charge is 2.17. The molecule has 7 nitrogen and oxygen atoms in total. The quantitative estimate of drug-likeness (QED) is 0.636. The Labute approximate surface area is 151 Å². The minimum absolute atomic E-state index is 0. The van der Waals surface area contributed by atoms with Crippen molar-refractivity contribution in [2.45, 2.75) is 18.9 Å². The average molecular weight is 365 g/mol. The van der Waals surface area contributed by atoms with Crippen LogP contribution in [0.4, 0.5) is 0 Å². The summed E-state index contributed by atoms with van der Waals surface area (Å²) in [5, 5.41) is 9.07. The van der Waals surface area contributed by atoms with Gasteiger partial charge in [-0.25, -0.2) is 0 Å². The van der Waals surface area contributed by atoms with E-state index in [4.69, 9.17) is 0 Å². The van der Waals surface area contributed by atoms with Crippen LogP contribution >= 0.6 is 12.4 Å². The van der Waals surface area contributed by atoms with E-state index in [1.807, 2.05) is 6.07 Å². The number of rotatable bonds is 4. The van der Waals surface area contributed by atoms with Crippen LogP contribution < -0.4 is 21.4 Å². The molecule has 0 unspecified atom stereocenters. The van der Waals surface area contributed by atoms with Crippen LogP contribution in [0, 0.1) is 0 Å². The molecule has 1 aromatic carbocycles. The van der Waals surface area contributed by atoms with Gasteiger partial charge in [-0.2, -0.15) is 0 Å². The topological polar surface area (TPSA) is 103 Å². The maximum atomic E-state index is 12.3. The smallest absolute Gasteiger partial charge is 0.257 e. The van der Waals surface area contributed by atoms with Gasteiger partial charge >= 0.3 is 0 Å². The number of para-hydroxylation sites is 1. The SMILES string of the molecule is Cl.O=C(CNC(=O)c1c[nH]c2ccccc2c1=O)NC1CCNCC1. The normalized spacial score (nSPS) is 14.6. The summed E-state index contributed by atoms with van der Waals surface area (Å²) in [6.45, 7) is 1.61. The zero-order valence-electron chi connectivity index (χ0n) is 13.6. The number of nitrogens with one attached hydrogen (secondary N) is 4. The summed E-state index contributed by atoms with van der Waals surface area (Å²) in [7, 11) is 0. The van der Waals surface area contributed by atoms with Gasteiger partial charge < -0.3 is 20.9 Å². The number of H-pyrrole nitrogens is 1. The number of hydrogen-bond donors (Lipinski definition) is 4. The zero-order chi connectivity index (χ0) is 16.9. The molecule has 0 aliphatic carbocycles. The van der Waals surface area contributed by atoms with Crippen LogP contribution in [0.2, 0.25) is 0 Å². The van der Waals surface area contributed by atoms with Crippen molar-refractivity contribution in [3.8, 4) is 0 Å². The average Bonchev–Trinajstić information content (AvgIpc) is 2.61. The van der Waals surface area contributed by atoms with Crippen molar-refractivity contribution in [1.82, 2.24) is 20.9 Å². The van der Waals surface area contributed by atoms with Crippen LogP contribution in [0.1, 0.15) is 23.2 Å². The molecule has 134 valence electrons. The fourth-order valence-electron chi connectivity index (χ4n) is 2.84. The van der Waals surface area contributed by atoms with E-state index in [-0.39, 0.29) is 41.9 Å². The number of carbonyl (C=O) groups is 2. The Morgan fingerprint density at radius 2 is 1.88 bits per heavy atom. The van der Waals surface area contributed by atoms with Crippen LogP contribution in [0.15, 0.2) is 35.3 Å². The molecule has 2 aromatic rings. The molecule has 1 aliphatic rings. The fraction of sp³-hybridized carbons (Fsp3) is 0.353. The predicted octanol–water partition coefficient (Wildman–Crippen LogP) is 0.548. The Morgan fingerprint density at radius 1 is 1.16 bits per heavy atom. The van der Waals surface area contributed by atoms with Gasteiger partial charge in [-0.15, -0.1) is 12.4 Å². The van der Waals surface area contributed by atoms with Gasteiger partial charge in [0.1, 0.15) is 5.56 Å². The third-order valence-corrected chi connectivity index (χ3v) is 4.15. The molecule has 4 N–H and O–H groups in total. The fourth-order valence-corrected chi connectivity index (χ4v) is 2.84. The molecule has 0 radical (unpaired) electrons. The molecule has 1 fully saturated rings. The number of pyridine rings is 1. The van der Waals surface area contributed by atoms with Crippen molar-refractivity contribution >= 4 is 35.1 Å². The third-order valence-electron chi connectivity index (χ3n) is 4.15. The van der Waals surface area contributed by atoms with E-state index in [1.165, 1.54) is 6.20 Å². The molecule has 3 rings (SSSR count). The monoisotopic (exact) mass is 364 g/mol. The second-order valence-corrected chi connectivity index (χ2v) is 5.85. The summed E-state index contributed by atoms with van der Waals surface area (Å²) in [5.74, 6) is -0.796. The van der Waals surface area contributed by atoms with Crippen molar-refractivity contribution in [1.29, 1.82) is 0 Å². The second-order valence-electron chi connectivity index (χ2n) is 5.85. The first kappa shape index (κ1) is 19.0. The molecule has 0 bridgehead atoms. The number of aromatic amines is 1. The molecule has 0 atom stereocenters. The number of carbonyl (C=O) groups excluding carboxylic acids is 2. The molecule has 1 aliphatic heterocycles. The summed E-state index contributed by atoms with van der Waals surface area (Å²) >= 11 is 0. The second kappa shape index (κ2) is 8.64. The van der Waals surface area contributed by atoms with E-state index in [1.54, 1.807) is 18.2 Å². The first-order valence-electron chi connectivity index (χ1n) is 8.04. The largest absolute Gasteiger partial charge is 0.360 e. The lowest BCUT2D eigenvalue weighted by Crippen LogP contribution is -2.46. The lowest BCUT2D eigenvalue weighted by atomic mass is 10.1. The predicted molar refractivity (Wildman–Crippen MR) is 98.2 cm³/mol. The molecule has 1 saturated heterocycles. The summed E-state index contributed by atoms with van der Waals surface area (Å²) in [6, 6.07) is 7.12. The number of halogens is 1.